The van der Waals surface area contributed by atoms with E-state index in [1.54, 1.807) is 24.3 Å². The highest BCUT2D eigenvalue weighted by atomic mass is 35.5. The molecular formula is C48H58ClN3O9. The van der Waals surface area contributed by atoms with Gasteiger partial charge in [-0.05, 0) is 129 Å². The first-order valence-corrected chi connectivity index (χ1v) is 22.4. The van der Waals surface area contributed by atoms with Crippen molar-refractivity contribution in [2.24, 2.45) is 23.7 Å². The van der Waals surface area contributed by atoms with Gasteiger partial charge in [0, 0.05) is 42.7 Å². The van der Waals surface area contributed by atoms with Crippen LogP contribution in [0.1, 0.15) is 92.6 Å². The third-order valence-corrected chi connectivity index (χ3v) is 14.5. The SMILES string of the molecule is COc1cc(OCC(=O)OC2CCC(Cc3cccc(C4(C(=O)O)CCCCC4C4CN5CCC4CC5)c3)CC2)c(Cl)cc1CNC[C@H](O)c1ccc(O)c2[nH]c(=O)ccc12. The van der Waals surface area contributed by atoms with Crippen molar-refractivity contribution in [2.75, 3.05) is 39.9 Å². The Morgan fingerprint density at radius 3 is 2.52 bits per heavy atom. The summed E-state index contributed by atoms with van der Waals surface area (Å²) in [4.78, 5) is 43.3. The summed E-state index contributed by atoms with van der Waals surface area (Å²) in [7, 11) is 1.52. The minimum absolute atomic E-state index is 0.0802. The van der Waals surface area contributed by atoms with Gasteiger partial charge in [-0.25, -0.2) is 4.79 Å². The first-order chi connectivity index (χ1) is 29.5. The van der Waals surface area contributed by atoms with E-state index in [2.05, 4.69) is 39.5 Å². The van der Waals surface area contributed by atoms with Crippen molar-refractivity contribution in [3.63, 3.8) is 0 Å². The van der Waals surface area contributed by atoms with Gasteiger partial charge >= 0.3 is 11.9 Å². The highest BCUT2D eigenvalue weighted by Gasteiger charge is 2.54. The zero-order chi connectivity index (χ0) is 42.7. The number of methoxy groups -OCH3 is 1. The first kappa shape index (κ1) is 43.0. The van der Waals surface area contributed by atoms with Crippen LogP contribution in [0.15, 0.2) is 65.5 Å². The van der Waals surface area contributed by atoms with Crippen LogP contribution in [0.4, 0.5) is 0 Å². The number of phenols is 1. The van der Waals surface area contributed by atoms with Gasteiger partial charge in [-0.15, -0.1) is 0 Å². The average Bonchev–Trinajstić information content (AvgIpc) is 3.27. The molecule has 3 unspecified atom stereocenters. The molecule has 2 saturated carbocycles. The normalized spacial score (nSPS) is 26.7. The van der Waals surface area contributed by atoms with Gasteiger partial charge in [-0.1, -0.05) is 54.8 Å². The average molecular weight is 856 g/mol. The number of aromatic amines is 1. The maximum atomic E-state index is 13.4. The first-order valence-electron chi connectivity index (χ1n) is 22.0. The Hall–Kier alpha value is -4.62. The van der Waals surface area contributed by atoms with E-state index < -0.39 is 23.5 Å². The number of esters is 1. The van der Waals surface area contributed by atoms with E-state index in [1.165, 1.54) is 37.6 Å². The molecular weight excluding hydrogens is 798 g/mol. The van der Waals surface area contributed by atoms with Crippen molar-refractivity contribution in [1.29, 1.82) is 0 Å². The van der Waals surface area contributed by atoms with E-state index in [1.807, 2.05) is 0 Å². The number of aliphatic carboxylic acids is 1. The Balaban J connectivity index is 0.813. The lowest BCUT2D eigenvalue weighted by atomic mass is 9.55. The summed E-state index contributed by atoms with van der Waals surface area (Å²) in [5.41, 5.74) is 2.52. The Kier molecular flexibility index (Phi) is 13.3. The summed E-state index contributed by atoms with van der Waals surface area (Å²) in [6.45, 7) is 3.50. The second kappa shape index (κ2) is 18.8. The highest BCUT2D eigenvalue weighted by Crippen LogP contribution is 2.52. The number of carbonyl (C=O) groups is 2. The van der Waals surface area contributed by atoms with Crippen LogP contribution in [0.5, 0.6) is 17.2 Å². The van der Waals surface area contributed by atoms with Gasteiger partial charge in [0.2, 0.25) is 5.56 Å². The molecule has 3 saturated heterocycles. The number of phenolic OH excluding ortho intramolecular Hbond substituents is 1. The van der Waals surface area contributed by atoms with Crippen LogP contribution in [0.25, 0.3) is 10.9 Å². The molecule has 326 valence electrons. The number of fused-ring (bicyclic) bond motifs is 4. The minimum atomic E-state index is -0.941. The minimum Gasteiger partial charge on any atom is -0.506 e. The van der Waals surface area contributed by atoms with Crippen LogP contribution in [0, 0.1) is 23.7 Å². The molecule has 3 aromatic carbocycles. The van der Waals surface area contributed by atoms with Crippen molar-refractivity contribution in [2.45, 2.75) is 94.8 Å². The number of H-pyrrole nitrogens is 1. The van der Waals surface area contributed by atoms with Gasteiger partial charge in [0.15, 0.2) is 6.61 Å². The van der Waals surface area contributed by atoms with Crippen LogP contribution in [0.3, 0.4) is 0 Å². The fourth-order valence-corrected chi connectivity index (χ4v) is 11.4. The van der Waals surface area contributed by atoms with E-state index in [-0.39, 0.29) is 52.8 Å². The molecule has 1 aromatic heterocycles. The molecule has 2 bridgehead atoms. The zero-order valence-corrected chi connectivity index (χ0v) is 35.6. The number of ether oxygens (including phenoxy) is 3. The number of aliphatic hydroxyl groups excluding tert-OH is 1. The number of carboxylic acid groups (broad SMARTS) is 1. The number of hydrogen-bond acceptors (Lipinski definition) is 10. The maximum absolute atomic E-state index is 13.4. The number of rotatable bonds is 15. The fourth-order valence-electron chi connectivity index (χ4n) is 11.1. The van der Waals surface area contributed by atoms with Gasteiger partial charge < -0.3 is 44.7 Å². The number of hydrogen-bond donors (Lipinski definition) is 5. The smallest absolute Gasteiger partial charge is 0.344 e. The number of nitrogens with zero attached hydrogens (tertiary/aromatic N) is 1. The van der Waals surface area contributed by atoms with Crippen molar-refractivity contribution in [3.8, 4) is 17.2 Å². The van der Waals surface area contributed by atoms with Gasteiger partial charge in [0.05, 0.1) is 29.2 Å². The molecule has 2 aliphatic carbocycles. The van der Waals surface area contributed by atoms with Crippen LogP contribution in [-0.4, -0.2) is 83.1 Å². The van der Waals surface area contributed by atoms with E-state index in [0.717, 1.165) is 76.6 Å². The number of benzene rings is 3. The molecule has 5 N–H and O–H groups in total. The molecule has 4 atom stereocenters. The largest absolute Gasteiger partial charge is 0.506 e. The van der Waals surface area contributed by atoms with Gasteiger partial charge in [-0.3, -0.25) is 9.59 Å². The molecule has 4 heterocycles. The molecule has 61 heavy (non-hydrogen) atoms. The third kappa shape index (κ3) is 9.28. The molecule has 9 rings (SSSR count). The predicted molar refractivity (Wildman–Crippen MR) is 232 cm³/mol. The number of aliphatic hydroxyl groups is 1. The number of carboxylic acids is 1. The Bertz CT molecular complexity index is 2270. The van der Waals surface area contributed by atoms with Crippen LogP contribution < -0.4 is 20.3 Å². The number of piperidine rings is 3. The molecule has 3 aliphatic heterocycles. The molecule has 0 spiro atoms. The van der Waals surface area contributed by atoms with Crippen LogP contribution >= 0.6 is 11.6 Å². The summed E-state index contributed by atoms with van der Waals surface area (Å²) < 4.78 is 17.2. The molecule has 5 aliphatic rings. The standard InChI is InChI=1S/C48H58ClN3O9/c1-59-42-24-43(39(49)23-32(42)25-50-26-41(54)35-12-14-40(53)46-36(35)13-15-44(55)51-46)60-28-45(56)61-34-10-8-29(9-11-34)21-30-5-4-6-33(22-30)48(47(57)58)18-3-2-7-38(48)37-27-52-19-16-31(37)17-20-52/h4-6,12-15,22-24,29,31,34,37-38,41,50,53-54H,2-3,7-11,16-21,25-28H2,1H3,(H,51,55)(H,57,58)/t29?,34?,37?,38?,41-,48?/m0/s1. The molecule has 13 heteroatoms. The monoisotopic (exact) mass is 855 g/mol. The highest BCUT2D eigenvalue weighted by molar-refractivity contribution is 6.32. The van der Waals surface area contributed by atoms with Gasteiger partial charge in [-0.2, -0.15) is 0 Å². The van der Waals surface area contributed by atoms with Gasteiger partial charge in [0.25, 0.3) is 0 Å². The summed E-state index contributed by atoms with van der Waals surface area (Å²) in [5, 5.41) is 36.1. The van der Waals surface area contributed by atoms with E-state index >= 15 is 0 Å². The zero-order valence-electron chi connectivity index (χ0n) is 34.9. The Morgan fingerprint density at radius 2 is 1.79 bits per heavy atom. The summed E-state index contributed by atoms with van der Waals surface area (Å²) in [6.07, 6.45) is 9.24. The summed E-state index contributed by atoms with van der Waals surface area (Å²) in [6, 6.07) is 17.8. The van der Waals surface area contributed by atoms with E-state index in [0.29, 0.717) is 53.0 Å². The third-order valence-electron chi connectivity index (χ3n) is 14.2. The quantitative estimate of drug-likeness (QED) is 0.0761. The summed E-state index contributed by atoms with van der Waals surface area (Å²) >= 11 is 6.59. The van der Waals surface area contributed by atoms with E-state index in [4.69, 9.17) is 25.8 Å². The second-order valence-corrected chi connectivity index (χ2v) is 18.2. The molecule has 12 nitrogen and oxygen atoms in total. The molecule has 4 aromatic rings. The summed E-state index contributed by atoms with van der Waals surface area (Å²) in [5.74, 6) is 1.24. The van der Waals surface area contributed by atoms with E-state index in [9.17, 15) is 29.7 Å². The number of nitrogens with one attached hydrogen (secondary N) is 2. The molecule has 5 fully saturated rings. The lowest BCUT2D eigenvalue weighted by Gasteiger charge is -2.53. The van der Waals surface area contributed by atoms with Crippen LogP contribution in [0.2, 0.25) is 5.02 Å². The fraction of sp³-hybridized carbons (Fsp3) is 0.521. The predicted octanol–water partition coefficient (Wildman–Crippen LogP) is 7.30. The lowest BCUT2D eigenvalue weighted by Crippen LogP contribution is -2.56. The van der Waals surface area contributed by atoms with Crippen molar-refractivity contribution < 1.29 is 39.1 Å². The number of carbonyl (C=O) groups excluding carboxylic acids is 1. The van der Waals surface area contributed by atoms with Crippen LogP contribution in [-0.2, 0) is 32.7 Å². The number of halogens is 1. The van der Waals surface area contributed by atoms with Crippen molar-refractivity contribution in [1.82, 2.24) is 15.2 Å². The number of aromatic hydroxyl groups is 1. The number of aromatic nitrogens is 1. The second-order valence-electron chi connectivity index (χ2n) is 17.8. The van der Waals surface area contributed by atoms with Gasteiger partial charge in [0.1, 0.15) is 23.4 Å². The molecule has 0 amide bonds. The van der Waals surface area contributed by atoms with Crippen molar-refractivity contribution >= 4 is 34.4 Å². The Morgan fingerprint density at radius 1 is 0.984 bits per heavy atom. The lowest BCUT2D eigenvalue weighted by molar-refractivity contribution is -0.153. The maximum Gasteiger partial charge on any atom is 0.344 e. The van der Waals surface area contributed by atoms with Crippen molar-refractivity contribution in [3.05, 3.63) is 98.3 Å². The number of pyridine rings is 1. The molecule has 0 radical (unpaired) electrons. The topological polar surface area (TPSA) is 171 Å². The Labute approximate surface area is 361 Å².